The molecular weight excluding hydrogens is 160 g/mol. The molecule has 0 saturated heterocycles. The van der Waals surface area contributed by atoms with Gasteiger partial charge in [-0.25, -0.2) is 8.78 Å². The van der Waals surface area contributed by atoms with E-state index in [1.54, 1.807) is 0 Å². The van der Waals surface area contributed by atoms with Crippen molar-refractivity contribution < 1.29 is 8.78 Å². The van der Waals surface area contributed by atoms with E-state index in [1.807, 2.05) is 0 Å². The zero-order chi connectivity index (χ0) is 9.30. The number of nitrogens with two attached hydrogens (primary N) is 1. The van der Waals surface area contributed by atoms with Gasteiger partial charge >= 0.3 is 0 Å². The standard InChI is InChI=1S/C9H11F2N/c1-5-3-8(10)6(2)7(4-12)9(5)11/h3H,4,12H2,1-2H3. The molecule has 0 atom stereocenters. The summed E-state index contributed by atoms with van der Waals surface area (Å²) in [6, 6.07) is 1.18. The molecule has 0 aliphatic rings. The molecular formula is C9H11F2N. The van der Waals surface area contributed by atoms with Crippen LogP contribution in [0.4, 0.5) is 8.78 Å². The van der Waals surface area contributed by atoms with Crippen LogP contribution in [0, 0.1) is 25.5 Å². The molecule has 0 aromatic heterocycles. The van der Waals surface area contributed by atoms with Crippen molar-refractivity contribution in [1.29, 1.82) is 0 Å². The summed E-state index contributed by atoms with van der Waals surface area (Å²) in [7, 11) is 0. The summed E-state index contributed by atoms with van der Waals surface area (Å²) in [5.74, 6) is -0.786. The number of hydrogen-bond acceptors (Lipinski definition) is 1. The van der Waals surface area contributed by atoms with Crippen LogP contribution in [0.3, 0.4) is 0 Å². The Bertz CT molecular complexity index is 282. The van der Waals surface area contributed by atoms with E-state index in [0.29, 0.717) is 11.1 Å². The van der Waals surface area contributed by atoms with Crippen molar-refractivity contribution in [3.05, 3.63) is 34.4 Å². The number of benzene rings is 1. The van der Waals surface area contributed by atoms with E-state index in [-0.39, 0.29) is 12.1 Å². The highest BCUT2D eigenvalue weighted by Gasteiger charge is 2.11. The van der Waals surface area contributed by atoms with Crippen LogP contribution in [-0.2, 0) is 6.54 Å². The molecule has 0 heterocycles. The second-order valence-electron chi connectivity index (χ2n) is 2.80. The van der Waals surface area contributed by atoms with Gasteiger partial charge in [-0.1, -0.05) is 0 Å². The van der Waals surface area contributed by atoms with Gasteiger partial charge in [0, 0.05) is 12.1 Å². The van der Waals surface area contributed by atoms with Crippen molar-refractivity contribution in [3.8, 4) is 0 Å². The van der Waals surface area contributed by atoms with Gasteiger partial charge in [0.05, 0.1) is 0 Å². The Hall–Kier alpha value is -0.960. The third-order valence-electron chi connectivity index (χ3n) is 1.97. The lowest BCUT2D eigenvalue weighted by molar-refractivity contribution is 0.570. The molecule has 1 aromatic carbocycles. The fourth-order valence-corrected chi connectivity index (χ4v) is 1.15. The van der Waals surface area contributed by atoms with Crippen LogP contribution < -0.4 is 5.73 Å². The summed E-state index contributed by atoms with van der Waals surface area (Å²) in [6.07, 6.45) is 0. The van der Waals surface area contributed by atoms with E-state index >= 15 is 0 Å². The summed E-state index contributed by atoms with van der Waals surface area (Å²) < 4.78 is 26.2. The zero-order valence-corrected chi connectivity index (χ0v) is 7.12. The van der Waals surface area contributed by atoms with Crippen LogP contribution in [0.1, 0.15) is 16.7 Å². The Kier molecular flexibility index (Phi) is 2.43. The summed E-state index contributed by atoms with van der Waals surface area (Å²) >= 11 is 0. The maximum Gasteiger partial charge on any atom is 0.131 e. The topological polar surface area (TPSA) is 26.0 Å². The monoisotopic (exact) mass is 171 g/mol. The van der Waals surface area contributed by atoms with Crippen molar-refractivity contribution in [3.63, 3.8) is 0 Å². The molecule has 0 unspecified atom stereocenters. The summed E-state index contributed by atoms with van der Waals surface area (Å²) in [5.41, 5.74) is 6.16. The molecule has 0 aliphatic carbocycles. The van der Waals surface area contributed by atoms with Gasteiger partial charge in [-0.15, -0.1) is 0 Å². The first-order valence-electron chi connectivity index (χ1n) is 3.72. The molecule has 66 valence electrons. The molecule has 0 spiro atoms. The van der Waals surface area contributed by atoms with Gasteiger partial charge in [-0.2, -0.15) is 0 Å². The normalized spacial score (nSPS) is 10.4. The summed E-state index contributed by atoms with van der Waals surface area (Å²) in [6.45, 7) is 3.09. The van der Waals surface area contributed by atoms with Crippen LogP contribution in [0.5, 0.6) is 0 Å². The van der Waals surface area contributed by atoms with Crippen molar-refractivity contribution in [2.75, 3.05) is 0 Å². The molecule has 3 heteroatoms. The molecule has 12 heavy (non-hydrogen) atoms. The quantitative estimate of drug-likeness (QED) is 0.687. The Balaban J connectivity index is 3.42. The third-order valence-corrected chi connectivity index (χ3v) is 1.97. The molecule has 1 nitrogen and oxygen atoms in total. The van der Waals surface area contributed by atoms with Gasteiger partial charge < -0.3 is 5.73 Å². The first-order valence-corrected chi connectivity index (χ1v) is 3.72. The molecule has 1 aromatic rings. The third kappa shape index (κ3) is 1.32. The second kappa shape index (κ2) is 3.19. The molecule has 2 N–H and O–H groups in total. The first kappa shape index (κ1) is 9.13. The van der Waals surface area contributed by atoms with E-state index in [2.05, 4.69) is 0 Å². The lowest BCUT2D eigenvalue weighted by atomic mass is 10.0. The largest absolute Gasteiger partial charge is 0.326 e. The van der Waals surface area contributed by atoms with Gasteiger partial charge in [0.15, 0.2) is 0 Å². The zero-order valence-electron chi connectivity index (χ0n) is 7.12. The van der Waals surface area contributed by atoms with E-state index in [1.165, 1.54) is 19.9 Å². The smallest absolute Gasteiger partial charge is 0.131 e. The van der Waals surface area contributed by atoms with E-state index in [4.69, 9.17) is 5.73 Å². The second-order valence-corrected chi connectivity index (χ2v) is 2.80. The fourth-order valence-electron chi connectivity index (χ4n) is 1.15. The van der Waals surface area contributed by atoms with Gasteiger partial charge in [0.2, 0.25) is 0 Å². The molecule has 0 saturated carbocycles. The van der Waals surface area contributed by atoms with Crippen molar-refractivity contribution in [1.82, 2.24) is 0 Å². The van der Waals surface area contributed by atoms with Crippen LogP contribution in [0.15, 0.2) is 6.07 Å². The number of halogens is 2. The van der Waals surface area contributed by atoms with Crippen molar-refractivity contribution in [2.45, 2.75) is 20.4 Å². The van der Waals surface area contributed by atoms with Crippen molar-refractivity contribution >= 4 is 0 Å². The number of aryl methyl sites for hydroxylation is 1. The summed E-state index contributed by atoms with van der Waals surface area (Å²) in [5, 5.41) is 0. The van der Waals surface area contributed by atoms with E-state index in [9.17, 15) is 8.78 Å². The van der Waals surface area contributed by atoms with E-state index in [0.717, 1.165) is 0 Å². The maximum atomic E-state index is 13.2. The van der Waals surface area contributed by atoms with Crippen molar-refractivity contribution in [2.24, 2.45) is 5.73 Å². The molecule has 1 rings (SSSR count). The fraction of sp³-hybridized carbons (Fsp3) is 0.333. The van der Waals surface area contributed by atoms with Gasteiger partial charge in [-0.05, 0) is 31.0 Å². The van der Waals surface area contributed by atoms with E-state index < -0.39 is 11.6 Å². The van der Waals surface area contributed by atoms with Crippen LogP contribution in [0.25, 0.3) is 0 Å². The van der Waals surface area contributed by atoms with Gasteiger partial charge in [0.25, 0.3) is 0 Å². The molecule has 0 radical (unpaired) electrons. The highest BCUT2D eigenvalue weighted by atomic mass is 19.1. The predicted octanol–water partition coefficient (Wildman–Crippen LogP) is 2.04. The number of rotatable bonds is 1. The SMILES string of the molecule is Cc1cc(F)c(C)c(CN)c1F. The minimum absolute atomic E-state index is 0.0380. The molecule has 0 aliphatic heterocycles. The minimum atomic E-state index is -0.394. The van der Waals surface area contributed by atoms with Gasteiger partial charge in [0.1, 0.15) is 11.6 Å². The lowest BCUT2D eigenvalue weighted by Gasteiger charge is -2.07. The predicted molar refractivity (Wildman–Crippen MR) is 43.7 cm³/mol. The van der Waals surface area contributed by atoms with Crippen LogP contribution in [0.2, 0.25) is 0 Å². The average Bonchev–Trinajstić information content (AvgIpc) is 2.02. The van der Waals surface area contributed by atoms with Crippen LogP contribution >= 0.6 is 0 Å². The number of hydrogen-bond donors (Lipinski definition) is 1. The minimum Gasteiger partial charge on any atom is -0.326 e. The molecule has 0 bridgehead atoms. The first-order chi connectivity index (χ1) is 5.57. The Morgan fingerprint density at radius 1 is 1.33 bits per heavy atom. The Morgan fingerprint density at radius 2 is 1.92 bits per heavy atom. The molecule has 0 fully saturated rings. The van der Waals surface area contributed by atoms with Gasteiger partial charge in [-0.3, -0.25) is 0 Å². The Labute approximate surface area is 70.2 Å². The molecule has 0 amide bonds. The Morgan fingerprint density at radius 3 is 2.42 bits per heavy atom. The average molecular weight is 171 g/mol. The highest BCUT2D eigenvalue weighted by molar-refractivity contribution is 5.33. The van der Waals surface area contributed by atoms with Crippen LogP contribution in [-0.4, -0.2) is 0 Å². The summed E-state index contributed by atoms with van der Waals surface area (Å²) in [4.78, 5) is 0. The lowest BCUT2D eigenvalue weighted by Crippen LogP contribution is -2.06. The highest BCUT2D eigenvalue weighted by Crippen LogP contribution is 2.19. The maximum absolute atomic E-state index is 13.2.